The Morgan fingerprint density at radius 1 is 1.06 bits per heavy atom. The first-order valence-corrected chi connectivity index (χ1v) is 6.43. The van der Waals surface area contributed by atoms with Crippen molar-refractivity contribution in [2.24, 2.45) is 0 Å². The maximum absolute atomic E-state index is 12.0. The van der Waals surface area contributed by atoms with Gasteiger partial charge in [0.25, 0.3) is 10.0 Å². The molecule has 0 saturated heterocycles. The van der Waals surface area contributed by atoms with Gasteiger partial charge in [-0.15, -0.1) is 0 Å². The van der Waals surface area contributed by atoms with Crippen LogP contribution in [0.25, 0.3) is 0 Å². The first-order chi connectivity index (χ1) is 8.09. The van der Waals surface area contributed by atoms with Crippen molar-refractivity contribution >= 4 is 16.0 Å². The zero-order valence-corrected chi connectivity index (χ0v) is 9.98. The third-order valence-electron chi connectivity index (χ3n) is 2.17. The lowest BCUT2D eigenvalue weighted by atomic mass is 10.2. The molecule has 6 heteroatoms. The highest BCUT2D eigenvalue weighted by atomic mass is 32.2. The maximum Gasteiger partial charge on any atom is 0.264 e. The molecule has 0 saturated carbocycles. The van der Waals surface area contributed by atoms with Crippen LogP contribution in [0.1, 0.15) is 5.56 Å². The molecule has 0 amide bonds. The Hall–Kier alpha value is -1.95. The van der Waals surface area contributed by atoms with Crippen molar-refractivity contribution in [1.82, 2.24) is 9.97 Å². The van der Waals surface area contributed by atoms with E-state index in [1.165, 1.54) is 12.4 Å². The summed E-state index contributed by atoms with van der Waals surface area (Å²) in [5, 5.41) is 0. The molecule has 88 valence electrons. The Labute approximate surface area is 99.6 Å². The van der Waals surface area contributed by atoms with Crippen molar-refractivity contribution in [3.8, 4) is 0 Å². The van der Waals surface area contributed by atoms with Gasteiger partial charge in [-0.05, 0) is 24.6 Å². The smallest absolute Gasteiger partial charge is 0.247 e. The molecule has 2 rings (SSSR count). The highest BCUT2D eigenvalue weighted by molar-refractivity contribution is 7.92. The van der Waals surface area contributed by atoms with Crippen molar-refractivity contribution < 1.29 is 8.42 Å². The second-order valence-corrected chi connectivity index (χ2v) is 5.09. The van der Waals surface area contributed by atoms with Gasteiger partial charge >= 0.3 is 0 Å². The molecule has 1 N–H and O–H groups in total. The Balaban J connectivity index is 2.36. The van der Waals surface area contributed by atoms with E-state index in [4.69, 9.17) is 0 Å². The summed E-state index contributed by atoms with van der Waals surface area (Å²) in [4.78, 5) is 7.86. The summed E-state index contributed by atoms with van der Waals surface area (Å²) in [6.45, 7) is 1.74. The fraction of sp³-hybridized carbons (Fsp3) is 0.0909. The van der Waals surface area contributed by atoms with Crippen LogP contribution in [-0.4, -0.2) is 18.4 Å². The van der Waals surface area contributed by atoms with Gasteiger partial charge in [-0.1, -0.05) is 18.2 Å². The molecule has 0 bridgehead atoms. The Kier molecular flexibility index (Phi) is 3.06. The van der Waals surface area contributed by atoms with E-state index in [0.29, 0.717) is 5.56 Å². The Bertz CT molecular complexity index is 612. The van der Waals surface area contributed by atoms with Gasteiger partial charge in [-0.3, -0.25) is 0 Å². The van der Waals surface area contributed by atoms with E-state index in [9.17, 15) is 8.42 Å². The van der Waals surface area contributed by atoms with E-state index >= 15 is 0 Å². The lowest BCUT2D eigenvalue weighted by molar-refractivity contribution is 0.600. The quantitative estimate of drug-likeness (QED) is 0.896. The maximum atomic E-state index is 12.0. The SMILES string of the molecule is Cc1ccccc1S(=O)(=O)Nc1ncccn1. The molecule has 0 aliphatic heterocycles. The lowest BCUT2D eigenvalue weighted by Crippen LogP contribution is -2.15. The van der Waals surface area contributed by atoms with Crippen LogP contribution in [0.4, 0.5) is 5.95 Å². The Morgan fingerprint density at radius 2 is 1.71 bits per heavy atom. The van der Waals surface area contributed by atoms with Gasteiger partial charge in [0.05, 0.1) is 4.90 Å². The molecule has 0 fully saturated rings. The molecule has 2 aromatic rings. The molecule has 5 nitrogen and oxygen atoms in total. The largest absolute Gasteiger partial charge is 0.264 e. The van der Waals surface area contributed by atoms with Crippen LogP contribution in [0, 0.1) is 6.92 Å². The van der Waals surface area contributed by atoms with E-state index in [1.54, 1.807) is 37.3 Å². The number of hydrogen-bond donors (Lipinski definition) is 1. The summed E-state index contributed by atoms with van der Waals surface area (Å²) in [6.07, 6.45) is 2.95. The zero-order chi connectivity index (χ0) is 12.3. The number of hydrogen-bond acceptors (Lipinski definition) is 4. The first-order valence-electron chi connectivity index (χ1n) is 4.95. The van der Waals surface area contributed by atoms with Crippen molar-refractivity contribution in [3.05, 3.63) is 48.3 Å². The molecule has 1 aromatic carbocycles. The predicted octanol–water partition coefficient (Wildman–Crippen LogP) is 1.59. The number of rotatable bonds is 3. The number of nitrogens with zero attached hydrogens (tertiary/aromatic N) is 2. The van der Waals surface area contributed by atoms with Crippen LogP contribution >= 0.6 is 0 Å². The molecule has 1 heterocycles. The number of aromatic nitrogens is 2. The van der Waals surface area contributed by atoms with Gasteiger partial charge in [0.1, 0.15) is 0 Å². The molecule has 0 aliphatic rings. The minimum absolute atomic E-state index is 0.0655. The summed E-state index contributed by atoms with van der Waals surface area (Å²) < 4.78 is 26.4. The average Bonchev–Trinajstić information content (AvgIpc) is 2.30. The van der Waals surface area contributed by atoms with Crippen molar-refractivity contribution in [1.29, 1.82) is 0 Å². The van der Waals surface area contributed by atoms with Gasteiger partial charge in [0, 0.05) is 12.4 Å². The third kappa shape index (κ3) is 2.59. The lowest BCUT2D eigenvalue weighted by Gasteiger charge is -2.08. The first kappa shape index (κ1) is 11.5. The third-order valence-corrected chi connectivity index (χ3v) is 3.66. The van der Waals surface area contributed by atoms with Crippen LogP contribution in [0.15, 0.2) is 47.6 Å². The minimum Gasteiger partial charge on any atom is -0.247 e. The highest BCUT2D eigenvalue weighted by Gasteiger charge is 2.16. The van der Waals surface area contributed by atoms with Gasteiger partial charge in [0.15, 0.2) is 0 Å². The molecule has 0 spiro atoms. The topological polar surface area (TPSA) is 72.0 Å². The molecule has 1 aromatic heterocycles. The van der Waals surface area contributed by atoms with E-state index in [2.05, 4.69) is 14.7 Å². The molecule has 17 heavy (non-hydrogen) atoms. The molecule has 0 aliphatic carbocycles. The highest BCUT2D eigenvalue weighted by Crippen LogP contribution is 2.16. The Morgan fingerprint density at radius 3 is 2.35 bits per heavy atom. The summed E-state index contributed by atoms with van der Waals surface area (Å²) in [5.41, 5.74) is 0.677. The predicted molar refractivity (Wildman–Crippen MR) is 64.0 cm³/mol. The molecule has 0 atom stereocenters. The van der Waals surface area contributed by atoms with Crippen LogP contribution in [-0.2, 0) is 10.0 Å². The fourth-order valence-electron chi connectivity index (χ4n) is 1.38. The van der Waals surface area contributed by atoms with Crippen molar-refractivity contribution in [2.75, 3.05) is 4.72 Å². The minimum atomic E-state index is -3.62. The summed E-state index contributed by atoms with van der Waals surface area (Å²) in [7, 11) is -3.62. The number of aryl methyl sites for hydroxylation is 1. The van der Waals surface area contributed by atoms with Crippen molar-refractivity contribution in [2.45, 2.75) is 11.8 Å². The molecule has 0 radical (unpaired) electrons. The van der Waals surface area contributed by atoms with Crippen LogP contribution < -0.4 is 4.72 Å². The zero-order valence-electron chi connectivity index (χ0n) is 9.16. The van der Waals surface area contributed by atoms with Crippen LogP contribution in [0.3, 0.4) is 0 Å². The molecular weight excluding hydrogens is 238 g/mol. The summed E-state index contributed by atoms with van der Waals surface area (Å²) >= 11 is 0. The second kappa shape index (κ2) is 4.50. The van der Waals surface area contributed by atoms with E-state index < -0.39 is 10.0 Å². The van der Waals surface area contributed by atoms with Crippen molar-refractivity contribution in [3.63, 3.8) is 0 Å². The summed E-state index contributed by atoms with van der Waals surface area (Å²) in [6, 6.07) is 8.35. The van der Waals surface area contributed by atoms with Gasteiger partial charge in [-0.2, -0.15) is 0 Å². The van der Waals surface area contributed by atoms with E-state index in [-0.39, 0.29) is 10.8 Å². The number of sulfonamides is 1. The standard InChI is InChI=1S/C11H11N3O2S/c1-9-5-2-3-6-10(9)17(15,16)14-11-12-7-4-8-13-11/h2-8H,1H3,(H,12,13,14). The fourth-order valence-corrected chi connectivity index (χ4v) is 2.59. The van der Waals surface area contributed by atoms with E-state index in [1.807, 2.05) is 0 Å². The second-order valence-electron chi connectivity index (χ2n) is 3.44. The average molecular weight is 249 g/mol. The molecular formula is C11H11N3O2S. The van der Waals surface area contributed by atoms with Crippen LogP contribution in [0.5, 0.6) is 0 Å². The van der Waals surface area contributed by atoms with Gasteiger partial charge < -0.3 is 0 Å². The van der Waals surface area contributed by atoms with Gasteiger partial charge in [-0.25, -0.2) is 23.1 Å². The molecule has 0 unspecified atom stereocenters. The number of anilines is 1. The number of benzene rings is 1. The van der Waals surface area contributed by atoms with Gasteiger partial charge in [0.2, 0.25) is 5.95 Å². The van der Waals surface area contributed by atoms with E-state index in [0.717, 1.165) is 0 Å². The summed E-state index contributed by atoms with van der Waals surface area (Å²) in [5.74, 6) is 0.0655. The van der Waals surface area contributed by atoms with Crippen LogP contribution in [0.2, 0.25) is 0 Å². The monoisotopic (exact) mass is 249 g/mol. The number of nitrogens with one attached hydrogen (secondary N) is 1. The normalized spacial score (nSPS) is 11.1.